The summed E-state index contributed by atoms with van der Waals surface area (Å²) in [5.74, 6) is -0.602. The Labute approximate surface area is 108 Å². The van der Waals surface area contributed by atoms with Crippen LogP contribution in [0.1, 0.15) is 45.4 Å². The fourth-order valence-electron chi connectivity index (χ4n) is 2.64. The third-order valence-corrected chi connectivity index (χ3v) is 3.85. The molecule has 0 bridgehead atoms. The van der Waals surface area contributed by atoms with Crippen LogP contribution in [0.3, 0.4) is 0 Å². The number of hydrogen-bond donors (Lipinski definition) is 2. The topological polar surface area (TPSA) is 83.6 Å². The summed E-state index contributed by atoms with van der Waals surface area (Å²) >= 11 is 0. The van der Waals surface area contributed by atoms with E-state index in [1.807, 2.05) is 6.92 Å². The number of carbonyl (C=O) groups excluding carboxylic acids is 1. The van der Waals surface area contributed by atoms with Crippen LogP contribution in [0.2, 0.25) is 0 Å². The number of nitrogens with zero attached hydrogens (tertiary/aromatic N) is 1. The first-order valence-electron chi connectivity index (χ1n) is 6.77. The highest BCUT2D eigenvalue weighted by atomic mass is 16.4. The highest BCUT2D eigenvalue weighted by Gasteiger charge is 2.41. The van der Waals surface area contributed by atoms with E-state index in [0.717, 1.165) is 6.42 Å². The maximum absolute atomic E-state index is 11.8. The summed E-state index contributed by atoms with van der Waals surface area (Å²) in [6.07, 6.45) is 3.90. The van der Waals surface area contributed by atoms with Crippen molar-refractivity contribution in [3.63, 3.8) is 0 Å². The van der Waals surface area contributed by atoms with Crippen molar-refractivity contribution in [1.29, 1.82) is 0 Å². The average molecular weight is 256 g/mol. The smallest absolute Gasteiger partial charge is 0.309 e. The molecule has 1 aliphatic rings. The normalized spacial score (nSPS) is 18.7. The van der Waals surface area contributed by atoms with Crippen molar-refractivity contribution < 1.29 is 14.7 Å². The maximum atomic E-state index is 11.8. The molecule has 18 heavy (non-hydrogen) atoms. The van der Waals surface area contributed by atoms with E-state index in [-0.39, 0.29) is 5.91 Å². The van der Waals surface area contributed by atoms with E-state index < -0.39 is 11.4 Å². The van der Waals surface area contributed by atoms with Crippen molar-refractivity contribution in [3.8, 4) is 0 Å². The molecule has 5 nitrogen and oxygen atoms in total. The summed E-state index contributed by atoms with van der Waals surface area (Å²) in [5, 5.41) is 9.37. The van der Waals surface area contributed by atoms with E-state index in [1.54, 1.807) is 4.90 Å². The van der Waals surface area contributed by atoms with Crippen LogP contribution < -0.4 is 5.73 Å². The number of carboxylic acid groups (broad SMARTS) is 1. The summed E-state index contributed by atoms with van der Waals surface area (Å²) in [6, 6.07) is 0. The third-order valence-electron chi connectivity index (χ3n) is 3.85. The zero-order valence-electron chi connectivity index (χ0n) is 11.2. The molecule has 0 aromatic rings. The summed E-state index contributed by atoms with van der Waals surface area (Å²) in [4.78, 5) is 25.0. The quantitative estimate of drug-likeness (QED) is 0.748. The minimum absolute atomic E-state index is 0.107. The number of hydrogen-bond acceptors (Lipinski definition) is 3. The Morgan fingerprint density at radius 2 is 1.94 bits per heavy atom. The van der Waals surface area contributed by atoms with Crippen molar-refractivity contribution >= 4 is 11.9 Å². The molecule has 1 fully saturated rings. The van der Waals surface area contributed by atoms with Gasteiger partial charge in [0.05, 0.1) is 5.41 Å². The predicted octanol–water partition coefficient (Wildman–Crippen LogP) is 1.22. The number of likely N-dealkylation sites (tertiary alicyclic amines) is 1. The fourth-order valence-corrected chi connectivity index (χ4v) is 2.64. The van der Waals surface area contributed by atoms with E-state index in [2.05, 4.69) is 0 Å². The summed E-state index contributed by atoms with van der Waals surface area (Å²) < 4.78 is 0. The summed E-state index contributed by atoms with van der Waals surface area (Å²) in [7, 11) is 0. The zero-order valence-corrected chi connectivity index (χ0v) is 11.2. The number of piperidine rings is 1. The lowest BCUT2D eigenvalue weighted by Gasteiger charge is -2.39. The summed E-state index contributed by atoms with van der Waals surface area (Å²) in [6.45, 7) is 3.66. The molecule has 0 spiro atoms. The Hall–Kier alpha value is -1.10. The molecule has 5 heteroatoms. The van der Waals surface area contributed by atoms with Gasteiger partial charge in [0, 0.05) is 19.5 Å². The molecule has 3 N–H and O–H groups in total. The van der Waals surface area contributed by atoms with Gasteiger partial charge in [-0.05, 0) is 32.2 Å². The fraction of sp³-hybridized carbons (Fsp3) is 0.846. The lowest BCUT2D eigenvalue weighted by Crippen LogP contribution is -2.46. The number of nitrogens with two attached hydrogens (primary N) is 1. The molecule has 1 heterocycles. The van der Waals surface area contributed by atoms with Crippen LogP contribution in [0, 0.1) is 5.41 Å². The monoisotopic (exact) mass is 256 g/mol. The van der Waals surface area contributed by atoms with Crippen molar-refractivity contribution in [2.45, 2.75) is 45.4 Å². The van der Waals surface area contributed by atoms with Crippen molar-refractivity contribution in [1.82, 2.24) is 4.90 Å². The molecule has 0 aliphatic carbocycles. The minimum atomic E-state index is -0.710. The second-order valence-electron chi connectivity index (χ2n) is 5.11. The van der Waals surface area contributed by atoms with Gasteiger partial charge >= 0.3 is 5.97 Å². The second-order valence-corrected chi connectivity index (χ2v) is 5.11. The van der Waals surface area contributed by atoms with Crippen molar-refractivity contribution in [3.05, 3.63) is 0 Å². The van der Waals surface area contributed by atoms with Gasteiger partial charge in [0.2, 0.25) is 5.91 Å². The number of amides is 1. The largest absolute Gasteiger partial charge is 0.481 e. The number of aliphatic carboxylic acids is 1. The minimum Gasteiger partial charge on any atom is -0.481 e. The van der Waals surface area contributed by atoms with E-state index in [0.29, 0.717) is 51.7 Å². The molecule has 0 atom stereocenters. The van der Waals surface area contributed by atoms with Crippen LogP contribution in [0.4, 0.5) is 0 Å². The molecule has 1 amide bonds. The molecule has 1 rings (SSSR count). The first kappa shape index (κ1) is 15.0. The molecular formula is C13H24N2O3. The first-order valence-corrected chi connectivity index (χ1v) is 6.77. The third kappa shape index (κ3) is 3.45. The molecule has 0 saturated carbocycles. The molecule has 0 radical (unpaired) electrons. The van der Waals surface area contributed by atoms with Gasteiger partial charge in [-0.15, -0.1) is 0 Å². The Kier molecular flexibility index (Phi) is 5.59. The maximum Gasteiger partial charge on any atom is 0.309 e. The van der Waals surface area contributed by atoms with Gasteiger partial charge < -0.3 is 15.7 Å². The standard InChI is InChI=1S/C13H24N2O3/c1-2-5-13(12(17)18)6-9-15(10-7-13)11(16)4-3-8-14/h2-10,14H2,1H3,(H,17,18). The Balaban J connectivity index is 2.52. The van der Waals surface area contributed by atoms with Crippen LogP contribution in [-0.4, -0.2) is 41.5 Å². The Morgan fingerprint density at radius 1 is 1.33 bits per heavy atom. The van der Waals surface area contributed by atoms with Gasteiger partial charge in [0.15, 0.2) is 0 Å². The van der Waals surface area contributed by atoms with E-state index in [1.165, 1.54) is 0 Å². The number of carboxylic acids is 1. The average Bonchev–Trinajstić information content (AvgIpc) is 2.37. The first-order chi connectivity index (χ1) is 8.55. The molecule has 0 aromatic heterocycles. The number of rotatable bonds is 6. The lowest BCUT2D eigenvalue weighted by molar-refractivity contribution is -0.155. The molecule has 0 aromatic carbocycles. The molecule has 104 valence electrons. The Bertz CT molecular complexity index is 297. The van der Waals surface area contributed by atoms with Crippen LogP contribution in [-0.2, 0) is 9.59 Å². The highest BCUT2D eigenvalue weighted by Crippen LogP contribution is 2.36. The van der Waals surface area contributed by atoms with Gasteiger partial charge in [0.1, 0.15) is 0 Å². The SMILES string of the molecule is CCCC1(C(=O)O)CCN(C(=O)CCCN)CC1. The van der Waals surface area contributed by atoms with E-state index in [9.17, 15) is 14.7 Å². The van der Waals surface area contributed by atoms with Gasteiger partial charge in [0.25, 0.3) is 0 Å². The lowest BCUT2D eigenvalue weighted by atomic mass is 9.75. The van der Waals surface area contributed by atoms with Crippen LogP contribution >= 0.6 is 0 Å². The van der Waals surface area contributed by atoms with Gasteiger partial charge in [-0.3, -0.25) is 9.59 Å². The Morgan fingerprint density at radius 3 is 2.39 bits per heavy atom. The number of carbonyl (C=O) groups is 2. The summed E-state index contributed by atoms with van der Waals surface area (Å²) in [5.41, 5.74) is 4.77. The zero-order chi connectivity index (χ0) is 13.6. The van der Waals surface area contributed by atoms with Gasteiger partial charge in [-0.2, -0.15) is 0 Å². The van der Waals surface area contributed by atoms with E-state index >= 15 is 0 Å². The van der Waals surface area contributed by atoms with Crippen LogP contribution in [0.15, 0.2) is 0 Å². The van der Waals surface area contributed by atoms with Crippen LogP contribution in [0.25, 0.3) is 0 Å². The van der Waals surface area contributed by atoms with Crippen LogP contribution in [0.5, 0.6) is 0 Å². The predicted molar refractivity (Wildman–Crippen MR) is 69.1 cm³/mol. The van der Waals surface area contributed by atoms with Crippen molar-refractivity contribution in [2.75, 3.05) is 19.6 Å². The molecule has 1 aliphatic heterocycles. The molecular weight excluding hydrogens is 232 g/mol. The second kappa shape index (κ2) is 6.73. The molecule has 0 unspecified atom stereocenters. The van der Waals surface area contributed by atoms with Gasteiger partial charge in [-0.1, -0.05) is 13.3 Å². The van der Waals surface area contributed by atoms with Crippen molar-refractivity contribution in [2.24, 2.45) is 11.1 Å². The highest BCUT2D eigenvalue weighted by molar-refractivity contribution is 5.78. The molecule has 1 saturated heterocycles. The van der Waals surface area contributed by atoms with Gasteiger partial charge in [-0.25, -0.2) is 0 Å². The van der Waals surface area contributed by atoms with E-state index in [4.69, 9.17) is 5.73 Å².